The Morgan fingerprint density at radius 1 is 1.21 bits per heavy atom. The Morgan fingerprint density at radius 3 is 2.55 bits per heavy atom. The number of thioether (sulfide) groups is 1. The van der Waals surface area contributed by atoms with Crippen LogP contribution >= 0.6 is 11.8 Å². The van der Waals surface area contributed by atoms with Gasteiger partial charge in [0.25, 0.3) is 0 Å². The van der Waals surface area contributed by atoms with Gasteiger partial charge in [-0.1, -0.05) is 19.9 Å². The van der Waals surface area contributed by atoms with Gasteiger partial charge in [0.1, 0.15) is 12.2 Å². The van der Waals surface area contributed by atoms with Crippen LogP contribution in [0.4, 0.5) is 13.2 Å². The Labute approximate surface area is 224 Å². The zero-order valence-corrected chi connectivity index (χ0v) is 22.7. The van der Waals surface area contributed by atoms with Crippen molar-refractivity contribution < 1.29 is 42.1 Å². The number of hydrogen-bond donors (Lipinski definition) is 1. The van der Waals surface area contributed by atoms with E-state index in [1.807, 2.05) is 0 Å². The summed E-state index contributed by atoms with van der Waals surface area (Å²) in [7, 11) is 0. The van der Waals surface area contributed by atoms with E-state index in [0.29, 0.717) is 37.8 Å². The normalized spacial score (nSPS) is 46.6. The van der Waals surface area contributed by atoms with E-state index in [-0.39, 0.29) is 24.8 Å². The number of allylic oxidation sites excluding steroid dienone is 4. The highest BCUT2D eigenvalue weighted by molar-refractivity contribution is 8.13. The molecule has 4 aliphatic carbocycles. The molecule has 1 aliphatic heterocycles. The third-order valence-corrected chi connectivity index (χ3v) is 11.1. The minimum absolute atomic E-state index is 0.0127. The van der Waals surface area contributed by atoms with Crippen molar-refractivity contribution in [2.45, 2.75) is 76.4 Å². The molecule has 0 aromatic carbocycles. The fourth-order valence-corrected chi connectivity index (χ4v) is 9.34. The predicted molar refractivity (Wildman–Crippen MR) is 134 cm³/mol. The molecule has 3 saturated carbocycles. The van der Waals surface area contributed by atoms with E-state index in [1.165, 1.54) is 19.1 Å². The maximum absolute atomic E-state index is 17.4. The highest BCUT2D eigenvalue weighted by Crippen LogP contribution is 2.72. The number of fused-ring (bicyclic) bond motifs is 5. The molecule has 9 atom stereocenters. The average molecular weight is 557 g/mol. The Morgan fingerprint density at radius 2 is 1.89 bits per heavy atom. The van der Waals surface area contributed by atoms with Gasteiger partial charge in [0, 0.05) is 35.9 Å². The van der Waals surface area contributed by atoms with Crippen molar-refractivity contribution in [3.8, 4) is 0 Å². The molecule has 0 bridgehead atoms. The Kier molecular flexibility index (Phi) is 6.96. The van der Waals surface area contributed by atoms with Crippen LogP contribution in [0.25, 0.3) is 0 Å². The number of carbonyl (C=O) groups excluding carboxylic acids is 3. The van der Waals surface area contributed by atoms with Gasteiger partial charge < -0.3 is 14.6 Å². The minimum atomic E-state index is -2.32. The summed E-state index contributed by atoms with van der Waals surface area (Å²) in [5, 5.41) is 10.9. The van der Waals surface area contributed by atoms with Gasteiger partial charge in [0.15, 0.2) is 17.1 Å². The van der Waals surface area contributed by atoms with Crippen LogP contribution in [0.5, 0.6) is 0 Å². The Hall–Kier alpha value is -1.65. The summed E-state index contributed by atoms with van der Waals surface area (Å²) in [4.78, 5) is 39.2. The fourth-order valence-electron chi connectivity index (χ4n) is 8.55. The fraction of sp³-hybridized carbons (Fsp3) is 0.750. The van der Waals surface area contributed by atoms with Crippen LogP contribution < -0.4 is 0 Å². The monoisotopic (exact) mass is 556 g/mol. The van der Waals surface area contributed by atoms with E-state index in [0.717, 1.165) is 6.08 Å². The van der Waals surface area contributed by atoms with Crippen LogP contribution in [-0.2, 0) is 23.9 Å². The van der Waals surface area contributed by atoms with Crippen LogP contribution in [0.1, 0.15) is 52.9 Å². The third kappa shape index (κ3) is 3.58. The van der Waals surface area contributed by atoms with E-state index in [1.54, 1.807) is 13.8 Å². The van der Waals surface area contributed by atoms with Crippen molar-refractivity contribution in [2.24, 2.45) is 34.5 Å². The second-order valence-corrected chi connectivity index (χ2v) is 13.0. The number of ether oxygens (including phenoxy) is 2. The van der Waals surface area contributed by atoms with E-state index in [9.17, 15) is 23.9 Å². The molecule has 0 radical (unpaired) electrons. The molecule has 1 heterocycles. The molecule has 1 N–H and O–H groups in total. The molecule has 0 aromatic heterocycles. The van der Waals surface area contributed by atoms with E-state index >= 15 is 8.78 Å². The zero-order valence-electron chi connectivity index (χ0n) is 21.9. The average Bonchev–Trinajstić information content (AvgIpc) is 3.10. The van der Waals surface area contributed by atoms with Gasteiger partial charge in [-0.15, -0.1) is 0 Å². The number of esters is 1. The lowest BCUT2D eigenvalue weighted by molar-refractivity contribution is -0.230. The molecule has 0 amide bonds. The number of carbonyl (C=O) groups is 3. The summed E-state index contributed by atoms with van der Waals surface area (Å²) in [6, 6.07) is -1.03. The summed E-state index contributed by atoms with van der Waals surface area (Å²) < 4.78 is 58.1. The first-order valence-electron chi connectivity index (χ1n) is 13.4. The van der Waals surface area contributed by atoms with Gasteiger partial charge >= 0.3 is 5.97 Å². The molecule has 10 heteroatoms. The minimum Gasteiger partial charge on any atom is -0.449 e. The Bertz CT molecular complexity index is 1090. The van der Waals surface area contributed by atoms with E-state index in [2.05, 4.69) is 0 Å². The maximum atomic E-state index is 17.4. The van der Waals surface area contributed by atoms with E-state index < -0.39 is 80.9 Å². The molecule has 0 aromatic rings. The molecule has 6 nitrogen and oxygen atoms in total. The van der Waals surface area contributed by atoms with Crippen LogP contribution in [0.3, 0.4) is 0 Å². The topological polar surface area (TPSA) is 89.9 Å². The maximum Gasteiger partial charge on any atom is 0.310 e. The second kappa shape index (κ2) is 9.47. The highest BCUT2D eigenvalue weighted by Gasteiger charge is 2.78. The smallest absolute Gasteiger partial charge is 0.310 e. The molecular weight excluding hydrogens is 521 g/mol. The summed E-state index contributed by atoms with van der Waals surface area (Å²) in [6.07, 6.45) is 0.989. The number of hydrogen-bond acceptors (Lipinski definition) is 7. The van der Waals surface area contributed by atoms with Gasteiger partial charge in [-0.3, -0.25) is 14.4 Å². The first-order chi connectivity index (χ1) is 17.9. The summed E-state index contributed by atoms with van der Waals surface area (Å²) >= 11 is 0.407. The number of alkyl halides is 3. The zero-order chi connectivity index (χ0) is 27.7. The molecule has 0 spiro atoms. The quantitative estimate of drug-likeness (QED) is 0.512. The molecule has 4 fully saturated rings. The molecule has 5 aliphatic rings. The Balaban J connectivity index is 1.59. The number of aliphatic hydroxyl groups excluding tert-OH is 1. The van der Waals surface area contributed by atoms with Crippen molar-refractivity contribution in [3.05, 3.63) is 23.8 Å². The first kappa shape index (κ1) is 27.9. The third-order valence-electron chi connectivity index (χ3n) is 10.5. The molecule has 210 valence electrons. The first-order valence-corrected chi connectivity index (χ1v) is 14.4. The molecule has 5 rings (SSSR count). The summed E-state index contributed by atoms with van der Waals surface area (Å²) in [6.45, 7) is 5.68. The number of halogens is 3. The van der Waals surface area contributed by atoms with Crippen LogP contribution in [0.15, 0.2) is 23.8 Å². The molecular formula is C28H35F3O6S. The molecule has 0 unspecified atom stereocenters. The number of aliphatic hydroxyl groups is 1. The summed E-state index contributed by atoms with van der Waals surface area (Å²) in [5.41, 5.74) is -6.95. The van der Waals surface area contributed by atoms with Crippen molar-refractivity contribution in [2.75, 3.05) is 19.2 Å². The molecule has 38 heavy (non-hydrogen) atoms. The molecule has 1 saturated heterocycles. The van der Waals surface area contributed by atoms with Gasteiger partial charge in [0.2, 0.25) is 5.12 Å². The standard InChI is InChI=1S/C28H35F3O6S/c1-15-10-18-19-12-21(30)20-11-17(32)4-7-25(20,2)27(19,31)22(33)13-26(18,3)28(15,24(35)38-14-29)37-23(34)16-5-8-36-9-6-16/h4,7,11,15-16,18-19,21-22,33H,5-6,8-10,12-14H2,1-3H3/t15-,18+,19+,21+,22+,25+,26+,27+,28+/m1/s1. The highest BCUT2D eigenvalue weighted by atomic mass is 32.2. The summed E-state index contributed by atoms with van der Waals surface area (Å²) in [5.74, 6) is -3.79. The van der Waals surface area contributed by atoms with Crippen molar-refractivity contribution in [1.82, 2.24) is 0 Å². The van der Waals surface area contributed by atoms with E-state index in [4.69, 9.17) is 9.47 Å². The van der Waals surface area contributed by atoms with Gasteiger partial charge in [-0.25, -0.2) is 13.2 Å². The lowest BCUT2D eigenvalue weighted by Crippen LogP contribution is -2.70. The van der Waals surface area contributed by atoms with Crippen molar-refractivity contribution in [3.63, 3.8) is 0 Å². The predicted octanol–water partition coefficient (Wildman–Crippen LogP) is 4.45. The SMILES string of the molecule is C[C@@H]1C[C@H]2[C@@H]3C[C@H](F)C4=CC(=O)C=C[C@]4(C)[C@@]3(F)[C@@H](O)C[C@]2(C)[C@@]1(OC(=O)C1CCOCC1)C(=O)SCF. The van der Waals surface area contributed by atoms with Crippen LogP contribution in [-0.4, -0.2) is 64.7 Å². The van der Waals surface area contributed by atoms with Crippen molar-refractivity contribution in [1.29, 1.82) is 0 Å². The van der Waals surface area contributed by atoms with Gasteiger partial charge in [-0.2, -0.15) is 0 Å². The van der Waals surface area contributed by atoms with Gasteiger partial charge in [0.05, 0.1) is 12.0 Å². The van der Waals surface area contributed by atoms with Gasteiger partial charge in [-0.05, 0) is 74.4 Å². The number of rotatable bonds is 4. The lowest BCUT2D eigenvalue weighted by atomic mass is 9.44. The van der Waals surface area contributed by atoms with Crippen LogP contribution in [0.2, 0.25) is 0 Å². The van der Waals surface area contributed by atoms with Crippen molar-refractivity contribution >= 4 is 28.6 Å². The second-order valence-electron chi connectivity index (χ2n) is 12.1. The largest absolute Gasteiger partial charge is 0.449 e. The number of ketones is 1. The van der Waals surface area contributed by atoms with Crippen LogP contribution in [0, 0.1) is 34.5 Å². The lowest BCUT2D eigenvalue weighted by Gasteiger charge is -2.63.